The highest BCUT2D eigenvalue weighted by atomic mass is 19.3. The van der Waals surface area contributed by atoms with Crippen molar-refractivity contribution >= 4 is 22.6 Å². The Kier molecular flexibility index (Phi) is 6.25. The van der Waals surface area contributed by atoms with Gasteiger partial charge < -0.3 is 19.8 Å². The monoisotopic (exact) mass is 340 g/mol. The smallest absolute Gasteiger partial charge is 0.349 e. The maximum absolute atomic E-state index is 12.3. The molecule has 0 unspecified atom stereocenters. The summed E-state index contributed by atoms with van der Waals surface area (Å²) in [5, 5.41) is 4.94. The van der Waals surface area contributed by atoms with Gasteiger partial charge in [-0.15, -0.1) is 0 Å². The van der Waals surface area contributed by atoms with Crippen molar-refractivity contribution in [1.29, 1.82) is 0 Å². The summed E-state index contributed by atoms with van der Waals surface area (Å²) in [7, 11) is 0. The molecule has 0 fully saturated rings. The molecule has 0 radical (unpaired) electrons. The lowest BCUT2D eigenvalue weighted by molar-refractivity contribution is 0.0912. The van der Waals surface area contributed by atoms with E-state index in [4.69, 9.17) is 9.15 Å². The number of ether oxygens (including phenoxy) is 1. The summed E-state index contributed by atoms with van der Waals surface area (Å²) in [6, 6.07) is 5.55. The number of fused-ring (bicyclic) bond motifs is 1. The fraction of sp³-hybridized carbons (Fsp3) is 0.375. The summed E-state index contributed by atoms with van der Waals surface area (Å²) in [4.78, 5) is 23.9. The third-order valence-electron chi connectivity index (χ3n) is 3.14. The second-order valence-electron chi connectivity index (χ2n) is 5.01. The van der Waals surface area contributed by atoms with Gasteiger partial charge in [-0.3, -0.25) is 4.79 Å². The van der Waals surface area contributed by atoms with Crippen molar-refractivity contribution in [2.24, 2.45) is 0 Å². The Hall–Kier alpha value is -2.48. The maximum Gasteiger partial charge on any atom is 0.349 e. The van der Waals surface area contributed by atoms with Gasteiger partial charge in [0.05, 0.1) is 6.61 Å². The SMILES string of the molecule is CCCOCCNC(=O)c1cc2ccc(NC(F)F)cc2oc1=O. The lowest BCUT2D eigenvalue weighted by Crippen LogP contribution is -2.31. The Labute approximate surface area is 136 Å². The van der Waals surface area contributed by atoms with Crippen LogP contribution in [0.25, 0.3) is 11.0 Å². The van der Waals surface area contributed by atoms with Crippen LogP contribution < -0.4 is 16.3 Å². The zero-order valence-electron chi connectivity index (χ0n) is 13.1. The molecule has 0 aliphatic heterocycles. The average Bonchev–Trinajstić information content (AvgIpc) is 2.53. The molecule has 24 heavy (non-hydrogen) atoms. The van der Waals surface area contributed by atoms with Crippen LogP contribution in [0, 0.1) is 0 Å². The first-order valence-corrected chi connectivity index (χ1v) is 7.50. The molecule has 2 rings (SSSR count). The molecule has 2 aromatic rings. The Morgan fingerprint density at radius 3 is 2.79 bits per heavy atom. The Morgan fingerprint density at radius 1 is 1.29 bits per heavy atom. The van der Waals surface area contributed by atoms with Crippen molar-refractivity contribution in [2.75, 3.05) is 25.1 Å². The third-order valence-corrected chi connectivity index (χ3v) is 3.14. The van der Waals surface area contributed by atoms with E-state index >= 15 is 0 Å². The normalized spacial score (nSPS) is 11.0. The summed E-state index contributed by atoms with van der Waals surface area (Å²) in [6.07, 6.45) is 0.880. The number of alkyl halides is 2. The van der Waals surface area contributed by atoms with E-state index in [1.807, 2.05) is 12.2 Å². The molecule has 0 saturated carbocycles. The van der Waals surface area contributed by atoms with Crippen LogP contribution in [-0.4, -0.2) is 32.2 Å². The van der Waals surface area contributed by atoms with Crippen LogP contribution in [0.4, 0.5) is 14.5 Å². The minimum atomic E-state index is -2.73. The van der Waals surface area contributed by atoms with Gasteiger partial charge in [-0.1, -0.05) is 6.92 Å². The van der Waals surface area contributed by atoms with E-state index in [0.29, 0.717) is 18.6 Å². The number of hydrogen-bond donors (Lipinski definition) is 2. The van der Waals surface area contributed by atoms with Crippen LogP contribution in [-0.2, 0) is 4.74 Å². The Balaban J connectivity index is 2.12. The van der Waals surface area contributed by atoms with Gasteiger partial charge in [-0.05, 0) is 24.6 Å². The van der Waals surface area contributed by atoms with Crippen LogP contribution >= 0.6 is 0 Å². The molecule has 1 amide bonds. The van der Waals surface area contributed by atoms with Crippen molar-refractivity contribution in [1.82, 2.24) is 5.32 Å². The van der Waals surface area contributed by atoms with E-state index in [1.165, 1.54) is 24.3 Å². The molecular formula is C16H18F2N2O4. The first kappa shape index (κ1) is 17.9. The molecule has 0 spiro atoms. The average molecular weight is 340 g/mol. The predicted molar refractivity (Wildman–Crippen MR) is 85.6 cm³/mol. The number of carbonyl (C=O) groups is 1. The number of amides is 1. The molecule has 2 N–H and O–H groups in total. The van der Waals surface area contributed by atoms with Crippen LogP contribution in [0.1, 0.15) is 23.7 Å². The molecule has 0 atom stereocenters. The fourth-order valence-corrected chi connectivity index (χ4v) is 2.06. The minimum Gasteiger partial charge on any atom is -0.422 e. The van der Waals surface area contributed by atoms with Gasteiger partial charge in [0, 0.05) is 30.3 Å². The number of halogens is 2. The van der Waals surface area contributed by atoms with E-state index in [-0.39, 0.29) is 23.4 Å². The Bertz CT molecular complexity index is 761. The van der Waals surface area contributed by atoms with Crippen molar-refractivity contribution < 1.29 is 22.7 Å². The van der Waals surface area contributed by atoms with Gasteiger partial charge in [-0.25, -0.2) is 4.79 Å². The third kappa shape index (κ3) is 4.76. The summed E-state index contributed by atoms with van der Waals surface area (Å²) in [5.74, 6) is -0.569. The Morgan fingerprint density at radius 2 is 2.08 bits per heavy atom. The molecule has 130 valence electrons. The summed E-state index contributed by atoms with van der Waals surface area (Å²) in [6.45, 7) is 0.466. The highest BCUT2D eigenvalue weighted by Crippen LogP contribution is 2.19. The molecule has 0 aliphatic rings. The van der Waals surface area contributed by atoms with E-state index in [9.17, 15) is 18.4 Å². The molecule has 1 heterocycles. The van der Waals surface area contributed by atoms with Gasteiger partial charge in [0.15, 0.2) is 0 Å². The standard InChI is InChI=1S/C16H18F2N2O4/c1-2-6-23-7-5-19-14(21)12-8-10-3-4-11(20-16(17)18)9-13(10)24-15(12)22/h3-4,8-9,16,20H,2,5-7H2,1H3,(H,19,21). The summed E-state index contributed by atoms with van der Waals surface area (Å²) in [5.41, 5.74) is -0.740. The second kappa shape index (κ2) is 8.39. The molecular weight excluding hydrogens is 322 g/mol. The molecule has 8 heteroatoms. The van der Waals surface area contributed by atoms with Gasteiger partial charge in [-0.2, -0.15) is 8.78 Å². The van der Waals surface area contributed by atoms with Gasteiger partial charge in [0.2, 0.25) is 0 Å². The number of rotatable bonds is 8. The fourth-order valence-electron chi connectivity index (χ4n) is 2.06. The van der Waals surface area contributed by atoms with E-state index in [2.05, 4.69) is 5.32 Å². The molecule has 0 bridgehead atoms. The molecule has 1 aromatic carbocycles. The maximum atomic E-state index is 12.3. The van der Waals surface area contributed by atoms with Gasteiger partial charge in [0.25, 0.3) is 5.91 Å². The van der Waals surface area contributed by atoms with Crippen molar-refractivity contribution in [3.8, 4) is 0 Å². The molecule has 1 aromatic heterocycles. The van der Waals surface area contributed by atoms with E-state index in [0.717, 1.165) is 6.42 Å². The van der Waals surface area contributed by atoms with Gasteiger partial charge >= 0.3 is 12.2 Å². The first-order valence-electron chi connectivity index (χ1n) is 7.50. The lowest BCUT2D eigenvalue weighted by Gasteiger charge is -2.07. The zero-order chi connectivity index (χ0) is 17.5. The summed E-state index contributed by atoms with van der Waals surface area (Å²) < 4.78 is 34.9. The highest BCUT2D eigenvalue weighted by molar-refractivity contribution is 5.96. The minimum absolute atomic E-state index is 0.117. The first-order chi connectivity index (χ1) is 11.5. The number of hydrogen-bond acceptors (Lipinski definition) is 5. The van der Waals surface area contributed by atoms with Crippen LogP contribution in [0.5, 0.6) is 0 Å². The predicted octanol–water partition coefficient (Wildman–Crippen LogP) is 2.58. The number of carbonyl (C=O) groups excluding carboxylic acids is 1. The van der Waals surface area contributed by atoms with Crippen LogP contribution in [0.15, 0.2) is 33.5 Å². The van der Waals surface area contributed by atoms with Crippen molar-refractivity contribution in [3.63, 3.8) is 0 Å². The largest absolute Gasteiger partial charge is 0.422 e. The van der Waals surface area contributed by atoms with Crippen molar-refractivity contribution in [3.05, 3.63) is 40.2 Å². The van der Waals surface area contributed by atoms with E-state index in [1.54, 1.807) is 0 Å². The second-order valence-corrected chi connectivity index (χ2v) is 5.01. The highest BCUT2D eigenvalue weighted by Gasteiger charge is 2.14. The number of anilines is 1. The van der Waals surface area contributed by atoms with Gasteiger partial charge in [0.1, 0.15) is 11.1 Å². The quantitative estimate of drug-likeness (QED) is 0.439. The molecule has 0 saturated heterocycles. The van der Waals surface area contributed by atoms with Crippen LogP contribution in [0.3, 0.4) is 0 Å². The topological polar surface area (TPSA) is 80.6 Å². The van der Waals surface area contributed by atoms with Crippen molar-refractivity contribution in [2.45, 2.75) is 19.9 Å². The number of benzene rings is 1. The molecule has 0 aliphatic carbocycles. The zero-order valence-corrected chi connectivity index (χ0v) is 13.1. The lowest BCUT2D eigenvalue weighted by atomic mass is 10.1. The molecule has 6 nitrogen and oxygen atoms in total. The number of nitrogens with one attached hydrogen (secondary N) is 2. The van der Waals surface area contributed by atoms with Crippen LogP contribution in [0.2, 0.25) is 0 Å². The van der Waals surface area contributed by atoms with E-state index < -0.39 is 18.1 Å². The summed E-state index contributed by atoms with van der Waals surface area (Å²) >= 11 is 0.